The van der Waals surface area contributed by atoms with Gasteiger partial charge in [0.25, 0.3) is 0 Å². The molecule has 2 N–H and O–H groups in total. The van der Waals surface area contributed by atoms with Crippen molar-refractivity contribution in [2.24, 2.45) is 0 Å². The van der Waals surface area contributed by atoms with Gasteiger partial charge in [-0.2, -0.15) is 0 Å². The van der Waals surface area contributed by atoms with Gasteiger partial charge in [0.15, 0.2) is 0 Å². The van der Waals surface area contributed by atoms with E-state index in [2.05, 4.69) is 20.6 Å². The summed E-state index contributed by atoms with van der Waals surface area (Å²) in [5, 5.41) is 5.78. The van der Waals surface area contributed by atoms with Gasteiger partial charge in [0.05, 0.1) is 11.9 Å². The summed E-state index contributed by atoms with van der Waals surface area (Å²) in [6.07, 6.45) is 9.81. The second-order valence-electron chi connectivity index (χ2n) is 8.70. The van der Waals surface area contributed by atoms with Gasteiger partial charge in [0, 0.05) is 43.2 Å². The summed E-state index contributed by atoms with van der Waals surface area (Å²) in [5.41, 5.74) is 1.45. The van der Waals surface area contributed by atoms with Gasteiger partial charge in [0.2, 0.25) is 17.7 Å². The highest BCUT2D eigenvalue weighted by Gasteiger charge is 2.34. The lowest BCUT2D eigenvalue weighted by Crippen LogP contribution is -2.46. The molecule has 1 aromatic carbocycles. The van der Waals surface area contributed by atoms with Gasteiger partial charge >= 0.3 is 0 Å². The van der Waals surface area contributed by atoms with Gasteiger partial charge in [-0.05, 0) is 66.9 Å². The third kappa shape index (κ3) is 6.50. The Morgan fingerprint density at radius 3 is 2.33 bits per heavy atom. The predicted octanol–water partition coefficient (Wildman–Crippen LogP) is 4.17. The molecule has 1 saturated carbocycles. The molecular formula is C27H28FN5O3. The van der Waals surface area contributed by atoms with E-state index in [0.717, 1.165) is 25.7 Å². The Morgan fingerprint density at radius 2 is 1.67 bits per heavy atom. The standard InChI is InChI=1S/C27H28FN5O3/c28-20-7-9-23(10-8-20)33(25(35)12-11-24(34)31-22-6-3-15-30-18-22)26(19-13-16-29-17-14-19)27(36)32-21-4-1-2-5-21/h3,6-10,13-18,21,26H,1-2,4-5,11-12H2,(H,31,34)(H,32,36)/t26-/m0/s1. The molecule has 1 aliphatic carbocycles. The van der Waals surface area contributed by atoms with Gasteiger partial charge in [-0.3, -0.25) is 29.3 Å². The molecule has 3 aromatic rings. The Bertz CT molecular complexity index is 1170. The first-order valence-electron chi connectivity index (χ1n) is 12.0. The summed E-state index contributed by atoms with van der Waals surface area (Å²) in [7, 11) is 0. The topological polar surface area (TPSA) is 104 Å². The molecule has 0 aliphatic heterocycles. The second-order valence-corrected chi connectivity index (χ2v) is 8.70. The molecule has 36 heavy (non-hydrogen) atoms. The molecule has 1 atom stereocenters. The molecule has 0 spiro atoms. The summed E-state index contributed by atoms with van der Waals surface area (Å²) >= 11 is 0. The van der Waals surface area contributed by atoms with Crippen molar-refractivity contribution in [3.05, 3.63) is 84.7 Å². The average Bonchev–Trinajstić information content (AvgIpc) is 3.40. The minimum Gasteiger partial charge on any atom is -0.351 e. The Morgan fingerprint density at radius 1 is 0.944 bits per heavy atom. The zero-order valence-electron chi connectivity index (χ0n) is 19.8. The van der Waals surface area contributed by atoms with Gasteiger partial charge in [-0.1, -0.05) is 12.8 Å². The lowest BCUT2D eigenvalue weighted by atomic mass is 10.0. The summed E-state index contributed by atoms with van der Waals surface area (Å²) in [4.78, 5) is 49.0. The van der Waals surface area contributed by atoms with Crippen molar-refractivity contribution < 1.29 is 18.8 Å². The molecule has 3 amide bonds. The lowest BCUT2D eigenvalue weighted by molar-refractivity contribution is -0.127. The van der Waals surface area contributed by atoms with Crippen LogP contribution in [-0.2, 0) is 14.4 Å². The Kier molecular flexibility index (Phi) is 8.33. The van der Waals surface area contributed by atoms with E-state index in [0.29, 0.717) is 16.9 Å². The van der Waals surface area contributed by atoms with Crippen LogP contribution in [0.15, 0.2) is 73.3 Å². The number of halogens is 1. The summed E-state index contributed by atoms with van der Waals surface area (Å²) in [5.74, 6) is -1.58. The molecule has 186 valence electrons. The van der Waals surface area contributed by atoms with E-state index in [-0.39, 0.29) is 30.7 Å². The van der Waals surface area contributed by atoms with Crippen LogP contribution in [0.1, 0.15) is 50.1 Å². The van der Waals surface area contributed by atoms with Crippen LogP contribution in [-0.4, -0.2) is 33.7 Å². The Hall–Kier alpha value is -4.14. The number of nitrogens with zero attached hydrogens (tertiary/aromatic N) is 3. The van der Waals surface area contributed by atoms with E-state index in [9.17, 15) is 18.8 Å². The minimum absolute atomic E-state index is 0.0391. The molecule has 8 nitrogen and oxygen atoms in total. The molecule has 0 bridgehead atoms. The van der Waals surface area contributed by atoms with Crippen LogP contribution in [0.25, 0.3) is 0 Å². The van der Waals surface area contributed by atoms with Gasteiger partial charge in [-0.15, -0.1) is 0 Å². The highest BCUT2D eigenvalue weighted by Crippen LogP contribution is 2.30. The number of carbonyl (C=O) groups excluding carboxylic acids is 3. The summed E-state index contributed by atoms with van der Waals surface area (Å²) in [6, 6.07) is 11.2. The van der Waals surface area contributed by atoms with E-state index >= 15 is 0 Å². The maximum atomic E-state index is 13.7. The average molecular weight is 490 g/mol. The fraction of sp³-hybridized carbons (Fsp3) is 0.296. The monoisotopic (exact) mass is 489 g/mol. The zero-order valence-corrected chi connectivity index (χ0v) is 19.8. The smallest absolute Gasteiger partial charge is 0.248 e. The second kappa shape index (κ2) is 12.0. The summed E-state index contributed by atoms with van der Waals surface area (Å²) < 4.78 is 13.7. The number of benzene rings is 1. The number of hydrogen-bond acceptors (Lipinski definition) is 5. The molecule has 0 radical (unpaired) electrons. The highest BCUT2D eigenvalue weighted by atomic mass is 19.1. The third-order valence-corrected chi connectivity index (χ3v) is 6.11. The first-order valence-corrected chi connectivity index (χ1v) is 12.0. The number of amides is 3. The molecule has 9 heteroatoms. The molecule has 1 fully saturated rings. The third-order valence-electron chi connectivity index (χ3n) is 6.11. The van der Waals surface area contributed by atoms with E-state index in [1.807, 2.05) is 0 Å². The van der Waals surface area contributed by atoms with Crippen molar-refractivity contribution >= 4 is 29.1 Å². The van der Waals surface area contributed by atoms with Crippen LogP contribution in [0.4, 0.5) is 15.8 Å². The number of anilines is 2. The van der Waals surface area contributed by atoms with Crippen molar-refractivity contribution in [2.45, 2.75) is 50.6 Å². The first-order chi connectivity index (χ1) is 17.5. The maximum absolute atomic E-state index is 13.7. The normalized spacial score (nSPS) is 14.1. The maximum Gasteiger partial charge on any atom is 0.248 e. The lowest BCUT2D eigenvalue weighted by Gasteiger charge is -2.32. The van der Waals surface area contributed by atoms with Crippen molar-refractivity contribution in [3.8, 4) is 0 Å². The largest absolute Gasteiger partial charge is 0.351 e. The molecule has 1 aliphatic rings. The van der Waals surface area contributed by atoms with Crippen LogP contribution < -0.4 is 15.5 Å². The van der Waals surface area contributed by atoms with Crippen LogP contribution in [0.2, 0.25) is 0 Å². The number of hydrogen-bond donors (Lipinski definition) is 2. The van der Waals surface area contributed by atoms with Crippen LogP contribution in [0.3, 0.4) is 0 Å². The number of aromatic nitrogens is 2. The molecule has 2 aromatic heterocycles. The van der Waals surface area contributed by atoms with E-state index in [1.54, 1.807) is 42.9 Å². The molecule has 4 rings (SSSR count). The molecule has 2 heterocycles. The van der Waals surface area contributed by atoms with Crippen molar-refractivity contribution in [3.63, 3.8) is 0 Å². The number of carbonyl (C=O) groups is 3. The van der Waals surface area contributed by atoms with E-state index < -0.39 is 17.8 Å². The van der Waals surface area contributed by atoms with Gasteiger partial charge in [-0.25, -0.2) is 4.39 Å². The predicted molar refractivity (Wildman–Crippen MR) is 133 cm³/mol. The zero-order chi connectivity index (χ0) is 25.3. The van der Waals surface area contributed by atoms with Gasteiger partial charge < -0.3 is 10.6 Å². The quantitative estimate of drug-likeness (QED) is 0.470. The van der Waals surface area contributed by atoms with Crippen LogP contribution >= 0.6 is 0 Å². The molecular weight excluding hydrogens is 461 g/mol. The first kappa shape index (κ1) is 25.0. The van der Waals surface area contributed by atoms with Crippen molar-refractivity contribution in [1.82, 2.24) is 15.3 Å². The van der Waals surface area contributed by atoms with Crippen molar-refractivity contribution in [2.75, 3.05) is 10.2 Å². The van der Waals surface area contributed by atoms with Crippen LogP contribution in [0.5, 0.6) is 0 Å². The van der Waals surface area contributed by atoms with E-state index in [4.69, 9.17) is 0 Å². The highest BCUT2D eigenvalue weighted by molar-refractivity contribution is 6.03. The van der Waals surface area contributed by atoms with E-state index in [1.165, 1.54) is 35.4 Å². The fourth-order valence-electron chi connectivity index (χ4n) is 4.35. The Balaban J connectivity index is 1.60. The molecule has 0 unspecified atom stereocenters. The molecule has 0 saturated heterocycles. The Labute approximate surface area is 209 Å². The van der Waals surface area contributed by atoms with Gasteiger partial charge in [0.1, 0.15) is 11.9 Å². The minimum atomic E-state index is -1.01. The number of nitrogens with one attached hydrogen (secondary N) is 2. The number of pyridine rings is 2. The van der Waals surface area contributed by atoms with Crippen LogP contribution in [0, 0.1) is 5.82 Å². The summed E-state index contributed by atoms with van der Waals surface area (Å²) in [6.45, 7) is 0. The fourth-order valence-corrected chi connectivity index (χ4v) is 4.35. The number of rotatable bonds is 9. The SMILES string of the molecule is O=C(CCC(=O)N(c1ccc(F)cc1)[C@H](C(=O)NC1CCCC1)c1ccncc1)Nc1cccnc1. The van der Waals surface area contributed by atoms with Crippen molar-refractivity contribution in [1.29, 1.82) is 0 Å².